The minimum atomic E-state index is -0.992. The number of nitrogens with zero attached hydrogens (tertiary/aromatic N) is 1. The van der Waals surface area contributed by atoms with Gasteiger partial charge in [0.15, 0.2) is 0 Å². The van der Waals surface area contributed by atoms with Gasteiger partial charge in [0.1, 0.15) is 29.1 Å². The highest BCUT2D eigenvalue weighted by Gasteiger charge is 2.48. The Morgan fingerprint density at radius 3 is 2.34 bits per heavy atom. The van der Waals surface area contributed by atoms with Crippen molar-refractivity contribution in [2.75, 3.05) is 12.0 Å². The van der Waals surface area contributed by atoms with Crippen LogP contribution in [0.2, 0.25) is 10.0 Å². The van der Waals surface area contributed by atoms with E-state index in [-0.39, 0.29) is 21.9 Å². The van der Waals surface area contributed by atoms with Crippen LogP contribution in [0.15, 0.2) is 58.5 Å². The van der Waals surface area contributed by atoms with E-state index in [4.69, 9.17) is 32.4 Å². The van der Waals surface area contributed by atoms with Gasteiger partial charge < -0.3 is 14.3 Å². The van der Waals surface area contributed by atoms with Crippen molar-refractivity contribution in [3.05, 3.63) is 86.8 Å². The molecule has 164 valence electrons. The van der Waals surface area contributed by atoms with Crippen LogP contribution in [-0.4, -0.2) is 23.9 Å². The number of furan rings is 1. The zero-order chi connectivity index (χ0) is 23.2. The Kier molecular flexibility index (Phi) is 5.75. The Bertz CT molecular complexity index is 1260. The van der Waals surface area contributed by atoms with Gasteiger partial charge in [0.2, 0.25) is 0 Å². The summed E-state index contributed by atoms with van der Waals surface area (Å²) in [6.07, 6.45) is 0. The number of aliphatic hydroxyl groups is 1. The number of hydrogen-bond acceptors (Lipinski definition) is 5. The SMILES string of the molecule is COc1c(Cl)cc(C)cc1/C(O)=C1\C(=O)C(=O)N(c2ccc(Cl)cc2)C1c1ccc(C)o1. The van der Waals surface area contributed by atoms with E-state index < -0.39 is 23.5 Å². The van der Waals surface area contributed by atoms with E-state index in [1.807, 2.05) is 0 Å². The first-order chi connectivity index (χ1) is 15.2. The fraction of sp³-hybridized carbons (Fsp3) is 0.167. The van der Waals surface area contributed by atoms with Crippen LogP contribution in [0.1, 0.15) is 28.7 Å². The van der Waals surface area contributed by atoms with Crippen molar-refractivity contribution >= 4 is 46.3 Å². The monoisotopic (exact) mass is 471 g/mol. The maximum Gasteiger partial charge on any atom is 0.300 e. The molecule has 1 aromatic heterocycles. The molecule has 0 spiro atoms. The highest BCUT2D eigenvalue weighted by molar-refractivity contribution is 6.51. The van der Waals surface area contributed by atoms with Gasteiger partial charge in [0.25, 0.3) is 11.7 Å². The number of rotatable bonds is 4. The van der Waals surface area contributed by atoms with E-state index in [2.05, 4.69) is 0 Å². The topological polar surface area (TPSA) is 80.0 Å². The fourth-order valence-electron chi connectivity index (χ4n) is 3.83. The molecule has 3 aromatic rings. The molecular weight excluding hydrogens is 453 g/mol. The lowest BCUT2D eigenvalue weighted by atomic mass is 9.97. The minimum absolute atomic E-state index is 0.126. The van der Waals surface area contributed by atoms with Crippen molar-refractivity contribution < 1.29 is 23.8 Å². The van der Waals surface area contributed by atoms with Crippen LogP contribution in [0.25, 0.3) is 5.76 Å². The fourth-order valence-corrected chi connectivity index (χ4v) is 4.30. The molecule has 1 aliphatic rings. The molecule has 0 bridgehead atoms. The number of amides is 1. The average molecular weight is 472 g/mol. The maximum absolute atomic E-state index is 13.2. The largest absolute Gasteiger partial charge is 0.507 e. The molecule has 0 radical (unpaired) electrons. The first-order valence-corrected chi connectivity index (χ1v) is 10.5. The number of benzene rings is 2. The average Bonchev–Trinajstić information content (AvgIpc) is 3.29. The Labute approximate surface area is 194 Å². The lowest BCUT2D eigenvalue weighted by Crippen LogP contribution is -2.29. The van der Waals surface area contributed by atoms with Crippen molar-refractivity contribution in [1.82, 2.24) is 0 Å². The molecule has 4 rings (SSSR count). The normalized spacial score (nSPS) is 17.8. The Hall–Kier alpha value is -3.22. The third-order valence-corrected chi connectivity index (χ3v) is 5.76. The minimum Gasteiger partial charge on any atom is -0.507 e. The van der Waals surface area contributed by atoms with Crippen LogP contribution in [0, 0.1) is 13.8 Å². The van der Waals surface area contributed by atoms with Gasteiger partial charge in [0.05, 0.1) is 23.3 Å². The number of anilines is 1. The van der Waals surface area contributed by atoms with Gasteiger partial charge in [-0.05, 0) is 67.9 Å². The zero-order valence-electron chi connectivity index (χ0n) is 17.5. The summed E-state index contributed by atoms with van der Waals surface area (Å²) < 4.78 is 11.2. The molecule has 1 amide bonds. The Balaban J connectivity index is 1.99. The summed E-state index contributed by atoms with van der Waals surface area (Å²) in [5, 5.41) is 12.0. The van der Waals surface area contributed by atoms with Crippen molar-refractivity contribution in [3.63, 3.8) is 0 Å². The molecule has 32 heavy (non-hydrogen) atoms. The molecule has 8 heteroatoms. The number of carbonyl (C=O) groups is 2. The first kappa shape index (κ1) is 22.0. The molecule has 1 fully saturated rings. The third kappa shape index (κ3) is 3.66. The zero-order valence-corrected chi connectivity index (χ0v) is 19.0. The second-order valence-corrected chi connectivity index (χ2v) is 8.27. The third-order valence-electron chi connectivity index (χ3n) is 5.23. The standard InChI is InChI=1S/C24H19Cl2NO5/c1-12-10-16(23(31-3)17(26)11-12)21(28)19-20(18-9-4-13(2)32-18)27(24(30)22(19)29)15-7-5-14(25)6-8-15/h4-11,20,28H,1-3H3/b21-19+. The number of Topliss-reactive ketones (excluding diaryl/α,β-unsaturated/α-hetero) is 1. The van der Waals surface area contributed by atoms with Crippen molar-refractivity contribution in [2.45, 2.75) is 19.9 Å². The molecule has 1 atom stereocenters. The number of aliphatic hydroxyl groups excluding tert-OH is 1. The maximum atomic E-state index is 13.2. The van der Waals surface area contributed by atoms with Gasteiger partial charge >= 0.3 is 0 Å². The predicted octanol–water partition coefficient (Wildman–Crippen LogP) is 5.84. The molecule has 6 nitrogen and oxygen atoms in total. The number of carbonyl (C=O) groups excluding carboxylic acids is 2. The highest BCUT2D eigenvalue weighted by Crippen LogP contribution is 2.45. The summed E-state index contributed by atoms with van der Waals surface area (Å²) in [6.45, 7) is 3.54. The number of aryl methyl sites for hydroxylation is 2. The van der Waals surface area contributed by atoms with Gasteiger partial charge in [-0.15, -0.1) is 0 Å². The van der Waals surface area contributed by atoms with E-state index in [0.717, 1.165) is 5.56 Å². The highest BCUT2D eigenvalue weighted by atomic mass is 35.5. The number of hydrogen-bond donors (Lipinski definition) is 1. The van der Waals surface area contributed by atoms with Crippen LogP contribution < -0.4 is 9.64 Å². The summed E-state index contributed by atoms with van der Waals surface area (Å²) in [5.74, 6) is -0.932. The summed E-state index contributed by atoms with van der Waals surface area (Å²) in [6, 6.07) is 12.2. The molecular formula is C24H19Cl2NO5. The van der Waals surface area contributed by atoms with E-state index in [0.29, 0.717) is 22.2 Å². The number of methoxy groups -OCH3 is 1. The molecule has 1 N–H and O–H groups in total. The van der Waals surface area contributed by atoms with Crippen LogP contribution in [-0.2, 0) is 9.59 Å². The van der Waals surface area contributed by atoms with Crippen molar-refractivity contribution in [3.8, 4) is 5.75 Å². The van der Waals surface area contributed by atoms with E-state index in [9.17, 15) is 14.7 Å². The number of ether oxygens (including phenoxy) is 1. The molecule has 2 aromatic carbocycles. The van der Waals surface area contributed by atoms with Gasteiger partial charge in [0, 0.05) is 10.7 Å². The van der Waals surface area contributed by atoms with Gasteiger partial charge in [-0.1, -0.05) is 23.2 Å². The van der Waals surface area contributed by atoms with Crippen LogP contribution in [0.3, 0.4) is 0 Å². The Morgan fingerprint density at radius 2 is 1.75 bits per heavy atom. The second-order valence-electron chi connectivity index (χ2n) is 7.42. The van der Waals surface area contributed by atoms with Gasteiger partial charge in [-0.3, -0.25) is 14.5 Å². The smallest absolute Gasteiger partial charge is 0.300 e. The van der Waals surface area contributed by atoms with E-state index in [1.54, 1.807) is 62.4 Å². The summed E-state index contributed by atoms with van der Waals surface area (Å²) in [4.78, 5) is 27.6. The van der Waals surface area contributed by atoms with Crippen LogP contribution >= 0.6 is 23.2 Å². The second kappa shape index (κ2) is 8.37. The van der Waals surface area contributed by atoms with E-state index >= 15 is 0 Å². The summed E-state index contributed by atoms with van der Waals surface area (Å²) >= 11 is 12.3. The van der Waals surface area contributed by atoms with E-state index in [1.165, 1.54) is 12.0 Å². The summed E-state index contributed by atoms with van der Waals surface area (Å²) in [5.41, 5.74) is 1.26. The number of ketones is 1. The molecule has 0 aliphatic carbocycles. The summed E-state index contributed by atoms with van der Waals surface area (Å²) in [7, 11) is 1.41. The predicted molar refractivity (Wildman–Crippen MR) is 122 cm³/mol. The van der Waals surface area contributed by atoms with Gasteiger partial charge in [-0.2, -0.15) is 0 Å². The van der Waals surface area contributed by atoms with Gasteiger partial charge in [-0.25, -0.2) is 0 Å². The quantitative estimate of drug-likeness (QED) is 0.293. The molecule has 0 saturated carbocycles. The molecule has 2 heterocycles. The first-order valence-electron chi connectivity index (χ1n) is 9.70. The van der Waals surface area contributed by atoms with Crippen molar-refractivity contribution in [1.29, 1.82) is 0 Å². The van der Waals surface area contributed by atoms with Crippen LogP contribution in [0.5, 0.6) is 5.75 Å². The number of halogens is 2. The Morgan fingerprint density at radius 1 is 1.06 bits per heavy atom. The van der Waals surface area contributed by atoms with Crippen molar-refractivity contribution in [2.24, 2.45) is 0 Å². The lowest BCUT2D eigenvalue weighted by Gasteiger charge is -2.23. The van der Waals surface area contributed by atoms with Crippen LogP contribution in [0.4, 0.5) is 5.69 Å². The molecule has 1 saturated heterocycles. The molecule has 1 unspecified atom stereocenters. The lowest BCUT2D eigenvalue weighted by molar-refractivity contribution is -0.132. The molecule has 1 aliphatic heterocycles.